The van der Waals surface area contributed by atoms with Crippen molar-refractivity contribution in [2.24, 2.45) is 17.8 Å². The van der Waals surface area contributed by atoms with E-state index < -0.39 is 0 Å². The number of rotatable bonds is 6. The Kier molecular flexibility index (Phi) is 4.62. The molecule has 2 nitrogen and oxygen atoms in total. The number of benzene rings is 1. The summed E-state index contributed by atoms with van der Waals surface area (Å²) in [5.41, 5.74) is 1.26. The Bertz CT molecular complexity index is 411. The molecule has 1 fully saturated rings. The maximum Gasteiger partial charge on any atom is 0.309 e. The van der Waals surface area contributed by atoms with Gasteiger partial charge in [-0.3, -0.25) is 4.79 Å². The molecule has 0 N–H and O–H groups in total. The summed E-state index contributed by atoms with van der Waals surface area (Å²) < 4.78 is 5.44. The first-order chi connectivity index (χ1) is 9.08. The minimum Gasteiger partial charge on any atom is -0.465 e. The zero-order valence-electron chi connectivity index (χ0n) is 12.1. The fourth-order valence-electron chi connectivity index (χ4n) is 2.73. The van der Waals surface area contributed by atoms with Gasteiger partial charge in [-0.2, -0.15) is 0 Å². The molecule has 1 aliphatic carbocycles. The lowest BCUT2D eigenvalue weighted by molar-refractivity contribution is -0.146. The SMILES string of the molecule is CC(C)CC(C)COC(=O)[C@H]1C[C@H]1c1ccccc1. The average Bonchev–Trinajstić information content (AvgIpc) is 3.16. The first-order valence-electron chi connectivity index (χ1n) is 7.29. The maximum absolute atomic E-state index is 12.0. The molecule has 0 saturated heterocycles. The summed E-state index contributed by atoms with van der Waals surface area (Å²) in [7, 11) is 0. The monoisotopic (exact) mass is 260 g/mol. The first kappa shape index (κ1) is 14.1. The molecule has 1 unspecified atom stereocenters. The molecule has 1 aliphatic rings. The van der Waals surface area contributed by atoms with E-state index in [1.807, 2.05) is 18.2 Å². The van der Waals surface area contributed by atoms with Crippen molar-refractivity contribution in [3.05, 3.63) is 35.9 Å². The van der Waals surface area contributed by atoms with Crippen LogP contribution < -0.4 is 0 Å². The van der Waals surface area contributed by atoms with E-state index in [9.17, 15) is 4.79 Å². The molecule has 0 amide bonds. The molecule has 2 rings (SSSR count). The molecule has 19 heavy (non-hydrogen) atoms. The highest BCUT2D eigenvalue weighted by Gasteiger charge is 2.45. The highest BCUT2D eigenvalue weighted by molar-refractivity contribution is 5.77. The van der Waals surface area contributed by atoms with Crippen LogP contribution in [0.15, 0.2) is 30.3 Å². The highest BCUT2D eigenvalue weighted by atomic mass is 16.5. The number of hydrogen-bond acceptors (Lipinski definition) is 2. The van der Waals surface area contributed by atoms with Crippen molar-refractivity contribution in [2.45, 2.75) is 39.5 Å². The smallest absolute Gasteiger partial charge is 0.309 e. The molecule has 1 aromatic carbocycles. The van der Waals surface area contributed by atoms with Crippen LogP contribution in [0.3, 0.4) is 0 Å². The zero-order valence-corrected chi connectivity index (χ0v) is 12.1. The van der Waals surface area contributed by atoms with E-state index in [1.54, 1.807) is 0 Å². The van der Waals surface area contributed by atoms with Crippen LogP contribution >= 0.6 is 0 Å². The summed E-state index contributed by atoms with van der Waals surface area (Å²) in [6.45, 7) is 7.11. The third kappa shape index (κ3) is 4.09. The van der Waals surface area contributed by atoms with Gasteiger partial charge in [0, 0.05) is 0 Å². The normalized spacial score (nSPS) is 23.2. The minimum atomic E-state index is -0.00976. The van der Waals surface area contributed by atoms with Crippen LogP contribution in [0.25, 0.3) is 0 Å². The lowest BCUT2D eigenvalue weighted by atomic mass is 10.00. The standard InChI is InChI=1S/C17H24O2/c1-12(2)9-13(3)11-19-17(18)16-10-15(16)14-7-5-4-6-8-14/h4-8,12-13,15-16H,9-11H2,1-3H3/t13?,15-,16-/m0/s1. The van der Waals surface area contributed by atoms with Gasteiger partial charge in [0.1, 0.15) is 0 Å². The van der Waals surface area contributed by atoms with Gasteiger partial charge in [-0.1, -0.05) is 51.1 Å². The summed E-state index contributed by atoms with van der Waals surface area (Å²) >= 11 is 0. The predicted octanol–water partition coefficient (Wildman–Crippen LogP) is 4.02. The number of hydrogen-bond donors (Lipinski definition) is 0. The van der Waals surface area contributed by atoms with Crippen LogP contribution in [0.4, 0.5) is 0 Å². The minimum absolute atomic E-state index is 0.00976. The van der Waals surface area contributed by atoms with Gasteiger partial charge in [-0.05, 0) is 36.2 Å². The first-order valence-corrected chi connectivity index (χ1v) is 7.29. The van der Waals surface area contributed by atoms with Crippen molar-refractivity contribution in [2.75, 3.05) is 6.61 Å². The average molecular weight is 260 g/mol. The van der Waals surface area contributed by atoms with Crippen molar-refractivity contribution >= 4 is 5.97 Å². The van der Waals surface area contributed by atoms with Gasteiger partial charge < -0.3 is 4.74 Å². The second-order valence-corrected chi connectivity index (χ2v) is 6.22. The molecule has 0 aromatic heterocycles. The molecule has 1 aromatic rings. The quantitative estimate of drug-likeness (QED) is 0.722. The Hall–Kier alpha value is -1.31. The lowest BCUT2D eigenvalue weighted by Gasteiger charge is -2.14. The van der Waals surface area contributed by atoms with Crippen molar-refractivity contribution in [1.29, 1.82) is 0 Å². The fourth-order valence-corrected chi connectivity index (χ4v) is 2.73. The molecule has 0 bridgehead atoms. The van der Waals surface area contributed by atoms with Crippen LogP contribution in [-0.2, 0) is 9.53 Å². The van der Waals surface area contributed by atoms with E-state index >= 15 is 0 Å². The lowest BCUT2D eigenvalue weighted by Crippen LogP contribution is -2.15. The Labute approximate surface area is 116 Å². The molecule has 0 spiro atoms. The van der Waals surface area contributed by atoms with Gasteiger partial charge in [-0.25, -0.2) is 0 Å². The molecule has 0 radical (unpaired) electrons. The molecule has 0 aliphatic heterocycles. The number of ether oxygens (including phenoxy) is 1. The Morgan fingerprint density at radius 2 is 1.95 bits per heavy atom. The van der Waals surface area contributed by atoms with Crippen LogP contribution in [0.5, 0.6) is 0 Å². The Balaban J connectivity index is 1.74. The van der Waals surface area contributed by atoms with Crippen molar-refractivity contribution in [3.8, 4) is 0 Å². The van der Waals surface area contributed by atoms with E-state index in [0.717, 1.165) is 12.8 Å². The molecule has 104 valence electrons. The number of carbonyl (C=O) groups excluding carboxylic acids is 1. The summed E-state index contributed by atoms with van der Waals surface area (Å²) in [5, 5.41) is 0. The summed E-state index contributed by atoms with van der Waals surface area (Å²) in [6, 6.07) is 10.3. The van der Waals surface area contributed by atoms with Gasteiger partial charge in [0.05, 0.1) is 12.5 Å². The van der Waals surface area contributed by atoms with Gasteiger partial charge in [0.25, 0.3) is 0 Å². The van der Waals surface area contributed by atoms with Crippen molar-refractivity contribution in [3.63, 3.8) is 0 Å². The molecular weight excluding hydrogens is 236 g/mol. The van der Waals surface area contributed by atoms with Gasteiger partial charge in [0.2, 0.25) is 0 Å². The van der Waals surface area contributed by atoms with Gasteiger partial charge in [0.15, 0.2) is 0 Å². The third-order valence-electron chi connectivity index (χ3n) is 3.70. The topological polar surface area (TPSA) is 26.3 Å². The summed E-state index contributed by atoms with van der Waals surface area (Å²) in [6.07, 6.45) is 2.06. The Morgan fingerprint density at radius 1 is 1.26 bits per heavy atom. The van der Waals surface area contributed by atoms with Crippen LogP contribution in [0.2, 0.25) is 0 Å². The predicted molar refractivity (Wildman–Crippen MR) is 76.9 cm³/mol. The Morgan fingerprint density at radius 3 is 2.58 bits per heavy atom. The van der Waals surface area contributed by atoms with Gasteiger partial charge >= 0.3 is 5.97 Å². The maximum atomic E-state index is 12.0. The third-order valence-corrected chi connectivity index (χ3v) is 3.70. The number of carbonyl (C=O) groups is 1. The summed E-state index contributed by atoms with van der Waals surface area (Å²) in [4.78, 5) is 12.0. The number of esters is 1. The molecular formula is C17H24O2. The molecule has 3 atom stereocenters. The van der Waals surface area contributed by atoms with Crippen LogP contribution in [0.1, 0.15) is 45.1 Å². The van der Waals surface area contributed by atoms with E-state index in [4.69, 9.17) is 4.74 Å². The second-order valence-electron chi connectivity index (χ2n) is 6.22. The highest BCUT2D eigenvalue weighted by Crippen LogP contribution is 2.48. The molecule has 2 heteroatoms. The molecule has 0 heterocycles. The zero-order chi connectivity index (χ0) is 13.8. The van der Waals surface area contributed by atoms with Crippen LogP contribution in [0, 0.1) is 17.8 Å². The van der Waals surface area contributed by atoms with E-state index in [2.05, 4.69) is 32.9 Å². The summed E-state index contributed by atoms with van der Waals surface area (Å²) in [5.74, 6) is 1.58. The largest absolute Gasteiger partial charge is 0.465 e. The van der Waals surface area contributed by atoms with E-state index in [0.29, 0.717) is 24.4 Å². The van der Waals surface area contributed by atoms with Crippen LogP contribution in [-0.4, -0.2) is 12.6 Å². The second kappa shape index (κ2) is 6.23. The fraction of sp³-hybridized carbons (Fsp3) is 0.588. The van der Waals surface area contributed by atoms with Gasteiger partial charge in [-0.15, -0.1) is 0 Å². The van der Waals surface area contributed by atoms with Crippen molar-refractivity contribution < 1.29 is 9.53 Å². The molecule has 1 saturated carbocycles. The van der Waals surface area contributed by atoms with E-state index in [1.165, 1.54) is 5.56 Å². The van der Waals surface area contributed by atoms with E-state index in [-0.39, 0.29) is 11.9 Å². The van der Waals surface area contributed by atoms with Crippen molar-refractivity contribution in [1.82, 2.24) is 0 Å².